The van der Waals surface area contributed by atoms with Crippen LogP contribution >= 0.6 is 0 Å². The molecule has 6 heteroatoms. The first kappa shape index (κ1) is 15.0. The molecule has 0 aliphatic heterocycles. The summed E-state index contributed by atoms with van der Waals surface area (Å²) in [5.41, 5.74) is -0.139. The van der Waals surface area contributed by atoms with E-state index in [-0.39, 0.29) is 6.42 Å². The summed E-state index contributed by atoms with van der Waals surface area (Å²) in [6, 6.07) is 7.56. The van der Waals surface area contributed by atoms with E-state index in [4.69, 9.17) is 0 Å². The molecule has 21 heavy (non-hydrogen) atoms. The Bertz CT molecular complexity index is 692. The number of carboxylic acid groups (broad SMARTS) is 1. The van der Waals surface area contributed by atoms with Crippen molar-refractivity contribution in [1.29, 1.82) is 0 Å². The molecule has 1 unspecified atom stereocenters. The third-order valence-electron chi connectivity index (χ3n) is 3.66. The Labute approximate surface area is 122 Å². The van der Waals surface area contributed by atoms with Gasteiger partial charge in [0.1, 0.15) is 0 Å². The van der Waals surface area contributed by atoms with Crippen LogP contribution in [0.1, 0.15) is 19.5 Å². The number of carbonyl (C=O) groups is 2. The maximum Gasteiger partial charge on any atom is 0.323 e. The van der Waals surface area contributed by atoms with Crippen molar-refractivity contribution in [1.82, 2.24) is 9.78 Å². The molecule has 0 radical (unpaired) electrons. The zero-order chi connectivity index (χ0) is 15.6. The van der Waals surface area contributed by atoms with Crippen molar-refractivity contribution in [3.8, 4) is 0 Å². The van der Waals surface area contributed by atoms with Crippen molar-refractivity contribution in [2.75, 3.05) is 7.11 Å². The third-order valence-corrected chi connectivity index (χ3v) is 3.66. The first-order chi connectivity index (χ1) is 9.93. The largest absolute Gasteiger partial charge is 0.480 e. The number of para-hydroxylation sites is 1. The topological polar surface area (TPSA) is 81.4 Å². The Kier molecular flexibility index (Phi) is 3.97. The van der Waals surface area contributed by atoms with E-state index in [0.29, 0.717) is 12.2 Å². The number of ether oxygens (including phenoxy) is 1. The molecule has 0 saturated heterocycles. The van der Waals surface area contributed by atoms with E-state index in [9.17, 15) is 14.7 Å². The number of carbonyl (C=O) groups excluding carboxylic acids is 1. The molecule has 112 valence electrons. The third kappa shape index (κ3) is 2.49. The minimum Gasteiger partial charge on any atom is -0.480 e. The van der Waals surface area contributed by atoms with Crippen LogP contribution in [-0.2, 0) is 27.3 Å². The van der Waals surface area contributed by atoms with Gasteiger partial charge in [-0.25, -0.2) is 0 Å². The number of aliphatic carboxylic acids is 1. The fourth-order valence-corrected chi connectivity index (χ4v) is 2.36. The van der Waals surface area contributed by atoms with Crippen LogP contribution in [0.3, 0.4) is 0 Å². The minimum atomic E-state index is -1.65. The van der Waals surface area contributed by atoms with Gasteiger partial charge in [0.05, 0.1) is 18.3 Å². The second-order valence-corrected chi connectivity index (χ2v) is 5.09. The molecule has 6 nitrogen and oxygen atoms in total. The zero-order valence-electron chi connectivity index (χ0n) is 12.3. The molecule has 0 aliphatic rings. The van der Waals surface area contributed by atoms with Crippen molar-refractivity contribution in [2.45, 2.75) is 26.8 Å². The minimum absolute atomic E-state index is 0.0114. The summed E-state index contributed by atoms with van der Waals surface area (Å²) < 4.78 is 6.44. The number of carboxylic acids is 1. The van der Waals surface area contributed by atoms with Crippen LogP contribution in [0.5, 0.6) is 0 Å². The summed E-state index contributed by atoms with van der Waals surface area (Å²) in [5.74, 6) is -1.99. The number of esters is 1. The molecule has 1 atom stereocenters. The maximum absolute atomic E-state index is 11.9. The van der Waals surface area contributed by atoms with Gasteiger partial charge in [0, 0.05) is 18.4 Å². The van der Waals surface area contributed by atoms with Crippen molar-refractivity contribution in [3.63, 3.8) is 0 Å². The highest BCUT2D eigenvalue weighted by atomic mass is 16.5. The molecule has 0 amide bonds. The van der Waals surface area contributed by atoms with Crippen LogP contribution < -0.4 is 0 Å². The number of hydrogen-bond acceptors (Lipinski definition) is 4. The maximum atomic E-state index is 11.9. The van der Waals surface area contributed by atoms with Gasteiger partial charge in [-0.3, -0.25) is 14.3 Å². The van der Waals surface area contributed by atoms with Crippen LogP contribution in [-0.4, -0.2) is 33.9 Å². The van der Waals surface area contributed by atoms with Crippen molar-refractivity contribution in [3.05, 3.63) is 30.0 Å². The van der Waals surface area contributed by atoms with Gasteiger partial charge < -0.3 is 9.84 Å². The van der Waals surface area contributed by atoms with E-state index in [1.54, 1.807) is 4.68 Å². The van der Waals surface area contributed by atoms with Gasteiger partial charge in [-0.2, -0.15) is 5.10 Å². The predicted octanol–water partition coefficient (Wildman–Crippen LogP) is 1.86. The van der Waals surface area contributed by atoms with Gasteiger partial charge in [-0.15, -0.1) is 0 Å². The number of nitrogens with zero attached hydrogens (tertiary/aromatic N) is 2. The molecule has 0 spiro atoms. The van der Waals surface area contributed by atoms with E-state index < -0.39 is 17.4 Å². The predicted molar refractivity (Wildman–Crippen MR) is 76.9 cm³/mol. The molecule has 0 saturated carbocycles. The monoisotopic (exact) mass is 290 g/mol. The van der Waals surface area contributed by atoms with Crippen LogP contribution in [0, 0.1) is 5.41 Å². The number of benzene rings is 1. The van der Waals surface area contributed by atoms with Gasteiger partial charge in [0.15, 0.2) is 5.41 Å². The summed E-state index contributed by atoms with van der Waals surface area (Å²) >= 11 is 0. The van der Waals surface area contributed by atoms with E-state index in [1.807, 2.05) is 31.2 Å². The van der Waals surface area contributed by atoms with Crippen molar-refractivity contribution in [2.24, 2.45) is 5.41 Å². The van der Waals surface area contributed by atoms with Gasteiger partial charge in [0.25, 0.3) is 0 Å². The highest BCUT2D eigenvalue weighted by Gasteiger charge is 2.43. The van der Waals surface area contributed by atoms with Gasteiger partial charge >= 0.3 is 11.9 Å². The Morgan fingerprint density at radius 1 is 1.38 bits per heavy atom. The Morgan fingerprint density at radius 3 is 2.62 bits per heavy atom. The van der Waals surface area contributed by atoms with Crippen LogP contribution in [0.4, 0.5) is 0 Å². The molecule has 0 aliphatic carbocycles. The lowest BCUT2D eigenvalue weighted by Gasteiger charge is -2.20. The average Bonchev–Trinajstić information content (AvgIpc) is 2.84. The molecule has 1 heterocycles. The Hall–Kier alpha value is -2.37. The molecular weight excluding hydrogens is 272 g/mol. The number of aromatic nitrogens is 2. The lowest BCUT2D eigenvalue weighted by molar-refractivity contribution is -0.165. The van der Waals surface area contributed by atoms with Crippen LogP contribution in [0.15, 0.2) is 24.3 Å². The smallest absolute Gasteiger partial charge is 0.323 e. The van der Waals surface area contributed by atoms with E-state index >= 15 is 0 Å². The summed E-state index contributed by atoms with van der Waals surface area (Å²) in [6.45, 7) is 3.99. The van der Waals surface area contributed by atoms with E-state index in [0.717, 1.165) is 10.9 Å². The highest BCUT2D eigenvalue weighted by Crippen LogP contribution is 2.28. The fourth-order valence-electron chi connectivity index (χ4n) is 2.36. The van der Waals surface area contributed by atoms with Crippen LogP contribution in [0.25, 0.3) is 10.9 Å². The molecule has 2 rings (SSSR count). The molecule has 1 aromatic heterocycles. The summed E-state index contributed by atoms with van der Waals surface area (Å²) in [5, 5.41) is 14.7. The first-order valence-electron chi connectivity index (χ1n) is 6.70. The van der Waals surface area contributed by atoms with Gasteiger partial charge in [0.2, 0.25) is 0 Å². The Balaban J connectivity index is 2.52. The quantitative estimate of drug-likeness (QED) is 0.671. The molecule has 2 aromatic rings. The van der Waals surface area contributed by atoms with Gasteiger partial charge in [-0.1, -0.05) is 18.2 Å². The summed E-state index contributed by atoms with van der Waals surface area (Å²) in [4.78, 5) is 23.4. The number of rotatable bonds is 5. The zero-order valence-corrected chi connectivity index (χ0v) is 12.3. The number of methoxy groups -OCH3 is 1. The average molecular weight is 290 g/mol. The van der Waals surface area contributed by atoms with E-state index in [2.05, 4.69) is 9.84 Å². The van der Waals surface area contributed by atoms with E-state index in [1.165, 1.54) is 14.0 Å². The first-order valence-corrected chi connectivity index (χ1v) is 6.70. The van der Waals surface area contributed by atoms with Crippen molar-refractivity contribution >= 4 is 22.8 Å². The number of fused-ring (bicyclic) bond motifs is 1. The second-order valence-electron chi connectivity index (χ2n) is 5.09. The normalized spacial score (nSPS) is 13.9. The number of aryl methyl sites for hydroxylation is 1. The molecule has 1 N–H and O–H groups in total. The molecule has 0 fully saturated rings. The summed E-state index contributed by atoms with van der Waals surface area (Å²) in [6.07, 6.45) is -0.0114. The van der Waals surface area contributed by atoms with Crippen molar-refractivity contribution < 1.29 is 19.4 Å². The second kappa shape index (κ2) is 5.55. The standard InChI is InChI=1S/C15H18N2O4/c1-4-17-12-8-6-5-7-10(12)11(16-17)9-15(2,13(18)19)14(20)21-3/h5-8H,4,9H2,1-3H3,(H,18,19). The number of hydrogen-bond donors (Lipinski definition) is 1. The highest BCUT2D eigenvalue weighted by molar-refractivity contribution is 5.99. The lowest BCUT2D eigenvalue weighted by atomic mass is 9.85. The molecular formula is C15H18N2O4. The Morgan fingerprint density at radius 2 is 2.05 bits per heavy atom. The van der Waals surface area contributed by atoms with Crippen LogP contribution in [0.2, 0.25) is 0 Å². The van der Waals surface area contributed by atoms with Gasteiger partial charge in [-0.05, 0) is 19.9 Å². The molecule has 0 bridgehead atoms. The lowest BCUT2D eigenvalue weighted by Crippen LogP contribution is -2.39. The molecule has 1 aromatic carbocycles. The summed E-state index contributed by atoms with van der Waals surface area (Å²) in [7, 11) is 1.19. The SMILES string of the molecule is CCn1nc(CC(C)(C(=O)O)C(=O)OC)c2ccccc21. The fraction of sp³-hybridized carbons (Fsp3) is 0.400.